The summed E-state index contributed by atoms with van der Waals surface area (Å²) in [6.45, 7) is 2.18. The molecule has 0 fully saturated rings. The molecule has 1 atom stereocenters. The zero-order chi connectivity index (χ0) is 23.2. The number of methoxy groups -OCH3 is 1. The summed E-state index contributed by atoms with van der Waals surface area (Å²) in [4.78, 5) is 8.50. The van der Waals surface area contributed by atoms with Crippen molar-refractivity contribution in [3.8, 4) is 34.4 Å². The quantitative estimate of drug-likeness (QED) is 0.447. The number of fused-ring (bicyclic) bond motifs is 1. The van der Waals surface area contributed by atoms with Gasteiger partial charge >= 0.3 is 6.18 Å². The molecule has 0 radical (unpaired) electrons. The molecule has 0 N–H and O–H groups in total. The predicted octanol–water partition coefficient (Wildman–Crippen LogP) is 4.47. The minimum atomic E-state index is -4.53. The van der Waals surface area contributed by atoms with Crippen molar-refractivity contribution in [3.05, 3.63) is 59.5 Å². The van der Waals surface area contributed by atoms with Crippen molar-refractivity contribution in [2.45, 2.75) is 32.2 Å². The molecule has 4 heterocycles. The Balaban J connectivity index is 1.62. The summed E-state index contributed by atoms with van der Waals surface area (Å²) >= 11 is 0. The van der Waals surface area contributed by atoms with Crippen molar-refractivity contribution < 1.29 is 27.2 Å². The first-order valence-corrected chi connectivity index (χ1v) is 10.1. The van der Waals surface area contributed by atoms with Crippen LogP contribution in [0.25, 0.3) is 28.7 Å². The van der Waals surface area contributed by atoms with Gasteiger partial charge in [0.25, 0.3) is 5.89 Å². The van der Waals surface area contributed by atoms with Gasteiger partial charge in [-0.15, -0.1) is 0 Å². The van der Waals surface area contributed by atoms with E-state index in [1.165, 1.54) is 19.2 Å². The highest BCUT2D eigenvalue weighted by Crippen LogP contribution is 2.38. The molecule has 1 aromatic carbocycles. The largest absolute Gasteiger partial charge is 0.496 e. The van der Waals surface area contributed by atoms with Crippen LogP contribution in [0.3, 0.4) is 0 Å². The maximum atomic E-state index is 13.3. The van der Waals surface area contributed by atoms with Gasteiger partial charge in [0.1, 0.15) is 5.75 Å². The molecule has 0 spiro atoms. The number of halogens is 3. The Morgan fingerprint density at radius 1 is 1.21 bits per heavy atom. The highest BCUT2D eigenvalue weighted by molar-refractivity contribution is 5.61. The summed E-state index contributed by atoms with van der Waals surface area (Å²) in [6, 6.07) is 7.22. The number of rotatable bonds is 4. The molecule has 0 saturated carbocycles. The van der Waals surface area contributed by atoms with Gasteiger partial charge in [0.2, 0.25) is 5.82 Å². The highest BCUT2D eigenvalue weighted by Gasteiger charge is 2.35. The molecule has 5 rings (SSSR count). The minimum absolute atomic E-state index is 0.0919. The maximum absolute atomic E-state index is 13.3. The fraction of sp³-hybridized carbons (Fsp3) is 0.273. The Morgan fingerprint density at radius 3 is 2.79 bits per heavy atom. The number of pyridine rings is 1. The molecule has 8 nitrogen and oxygen atoms in total. The van der Waals surface area contributed by atoms with Gasteiger partial charge in [0.05, 0.1) is 36.8 Å². The molecular weight excluding hydrogens is 439 g/mol. The van der Waals surface area contributed by atoms with Crippen LogP contribution in [-0.4, -0.2) is 38.1 Å². The summed E-state index contributed by atoms with van der Waals surface area (Å²) in [7, 11) is 1.20. The lowest BCUT2D eigenvalue weighted by molar-refractivity contribution is -0.138. The molecule has 11 heteroatoms. The van der Waals surface area contributed by atoms with E-state index in [1.807, 2.05) is 6.92 Å². The molecular formula is C22H18F3N5O3. The van der Waals surface area contributed by atoms with Crippen molar-refractivity contribution >= 4 is 0 Å². The van der Waals surface area contributed by atoms with Gasteiger partial charge in [-0.05, 0) is 31.2 Å². The normalized spacial score (nSPS) is 16.0. The number of hydrogen-bond acceptors (Lipinski definition) is 7. The number of hydrogen-bond donors (Lipinski definition) is 0. The molecule has 33 heavy (non-hydrogen) atoms. The van der Waals surface area contributed by atoms with E-state index in [0.717, 1.165) is 17.3 Å². The van der Waals surface area contributed by atoms with Gasteiger partial charge < -0.3 is 14.0 Å². The summed E-state index contributed by atoms with van der Waals surface area (Å²) in [5.74, 6) is 0.242. The van der Waals surface area contributed by atoms with E-state index in [9.17, 15) is 13.2 Å². The highest BCUT2D eigenvalue weighted by atomic mass is 19.4. The second kappa shape index (κ2) is 8.00. The zero-order valence-electron chi connectivity index (χ0n) is 17.6. The molecule has 0 aliphatic carbocycles. The van der Waals surface area contributed by atoms with E-state index in [0.29, 0.717) is 29.2 Å². The molecule has 4 aromatic rings. The maximum Gasteiger partial charge on any atom is 0.419 e. The van der Waals surface area contributed by atoms with E-state index in [2.05, 4.69) is 20.2 Å². The Hall–Kier alpha value is -3.73. The van der Waals surface area contributed by atoms with E-state index in [-0.39, 0.29) is 24.4 Å². The van der Waals surface area contributed by atoms with Crippen LogP contribution in [0.1, 0.15) is 23.7 Å². The number of aromatic nitrogens is 5. The monoisotopic (exact) mass is 457 g/mol. The number of nitrogens with zero attached hydrogens (tertiary/aromatic N) is 5. The summed E-state index contributed by atoms with van der Waals surface area (Å²) in [5, 5.41) is 8.64. The average Bonchev–Trinajstić information content (AvgIpc) is 3.43. The van der Waals surface area contributed by atoms with E-state index < -0.39 is 11.7 Å². The van der Waals surface area contributed by atoms with Crippen LogP contribution in [0.15, 0.2) is 47.2 Å². The first kappa shape index (κ1) is 21.1. The van der Waals surface area contributed by atoms with Crippen LogP contribution in [0.4, 0.5) is 13.2 Å². The predicted molar refractivity (Wildman–Crippen MR) is 110 cm³/mol. The molecule has 0 amide bonds. The third-order valence-electron chi connectivity index (χ3n) is 5.37. The number of ether oxygens (including phenoxy) is 2. The second-order valence-corrected chi connectivity index (χ2v) is 7.56. The first-order valence-electron chi connectivity index (χ1n) is 10.1. The lowest BCUT2D eigenvalue weighted by atomic mass is 10.0. The first-order chi connectivity index (χ1) is 15.8. The van der Waals surface area contributed by atoms with Crippen molar-refractivity contribution in [1.29, 1.82) is 0 Å². The van der Waals surface area contributed by atoms with E-state index in [1.54, 1.807) is 29.2 Å². The molecule has 0 bridgehead atoms. The third kappa shape index (κ3) is 3.84. The third-order valence-corrected chi connectivity index (χ3v) is 5.37. The zero-order valence-corrected chi connectivity index (χ0v) is 17.6. The fourth-order valence-corrected chi connectivity index (χ4v) is 3.77. The van der Waals surface area contributed by atoms with Gasteiger partial charge in [-0.3, -0.25) is 4.98 Å². The van der Waals surface area contributed by atoms with Crippen LogP contribution in [0.2, 0.25) is 0 Å². The lowest BCUT2D eigenvalue weighted by Crippen LogP contribution is -2.21. The van der Waals surface area contributed by atoms with Crippen molar-refractivity contribution in [3.63, 3.8) is 0 Å². The fourth-order valence-electron chi connectivity index (χ4n) is 3.77. The van der Waals surface area contributed by atoms with Crippen molar-refractivity contribution in [2.75, 3.05) is 7.11 Å². The smallest absolute Gasteiger partial charge is 0.419 e. The molecule has 3 aromatic heterocycles. The van der Waals surface area contributed by atoms with Crippen molar-refractivity contribution in [1.82, 2.24) is 24.9 Å². The van der Waals surface area contributed by atoms with Gasteiger partial charge in [-0.25, -0.2) is 4.68 Å². The summed E-state index contributed by atoms with van der Waals surface area (Å²) < 4.78 is 57.8. The second-order valence-electron chi connectivity index (χ2n) is 7.56. The topological polar surface area (TPSA) is 88.1 Å². The minimum Gasteiger partial charge on any atom is -0.496 e. The average molecular weight is 457 g/mol. The summed E-state index contributed by atoms with van der Waals surface area (Å²) in [5.41, 5.74) is 2.20. The van der Waals surface area contributed by atoms with Crippen LogP contribution in [0.5, 0.6) is 5.75 Å². The van der Waals surface area contributed by atoms with E-state index >= 15 is 0 Å². The Morgan fingerprint density at radius 2 is 2.06 bits per heavy atom. The number of alkyl halides is 3. The SMILES string of the molecule is COc1cc(-n2nc(-c3nc(-c4cccnc4)no3)c3c2CC(C)OC3)ccc1C(F)(F)F. The van der Waals surface area contributed by atoms with Crippen LogP contribution < -0.4 is 4.74 Å². The molecule has 170 valence electrons. The van der Waals surface area contributed by atoms with Crippen molar-refractivity contribution in [2.24, 2.45) is 0 Å². The summed E-state index contributed by atoms with van der Waals surface area (Å²) in [6.07, 6.45) is -0.866. The molecule has 0 saturated heterocycles. The molecule has 1 aliphatic heterocycles. The van der Waals surface area contributed by atoms with Gasteiger partial charge in [0.15, 0.2) is 5.69 Å². The van der Waals surface area contributed by atoms with Gasteiger partial charge in [0, 0.05) is 36.0 Å². The molecule has 1 unspecified atom stereocenters. The molecule has 1 aliphatic rings. The standard InChI is InChI=1S/C22H18F3N5O3/c1-12-8-17-15(11-32-12)19(21-27-20(29-33-21)13-4-3-7-26-10-13)28-30(17)14-5-6-16(22(23,24)25)18(9-14)31-2/h3-7,9-10,12H,8,11H2,1-2H3. The van der Waals surface area contributed by atoms with Gasteiger partial charge in [-0.1, -0.05) is 5.16 Å². The lowest BCUT2D eigenvalue weighted by Gasteiger charge is -2.21. The Labute approximate surface area is 186 Å². The van der Waals surface area contributed by atoms with Crippen LogP contribution in [-0.2, 0) is 23.9 Å². The number of benzene rings is 1. The van der Waals surface area contributed by atoms with E-state index in [4.69, 9.17) is 14.0 Å². The Kier molecular flexibility index (Phi) is 5.12. The Bertz CT molecular complexity index is 1300. The van der Waals surface area contributed by atoms with Gasteiger partial charge in [-0.2, -0.15) is 23.3 Å². The van der Waals surface area contributed by atoms with Crippen LogP contribution >= 0.6 is 0 Å². The van der Waals surface area contributed by atoms with Crippen LogP contribution in [0, 0.1) is 0 Å².